The summed E-state index contributed by atoms with van der Waals surface area (Å²) in [6, 6.07) is 9.41. The Kier molecular flexibility index (Phi) is 5.27. The number of amides is 1. The lowest BCUT2D eigenvalue weighted by molar-refractivity contribution is 0.0719. The lowest BCUT2D eigenvalue weighted by Crippen LogP contribution is -2.32. The highest BCUT2D eigenvalue weighted by Gasteiger charge is 2.28. The van der Waals surface area contributed by atoms with E-state index in [1.807, 2.05) is 48.5 Å². The molecule has 0 N–H and O–H groups in total. The molecule has 3 rings (SSSR count). The van der Waals surface area contributed by atoms with Gasteiger partial charge in [-0.15, -0.1) is 0 Å². The van der Waals surface area contributed by atoms with Crippen LogP contribution in [0.25, 0.3) is 0 Å². The van der Waals surface area contributed by atoms with Crippen LogP contribution in [-0.2, 0) is 6.42 Å². The van der Waals surface area contributed by atoms with E-state index in [1.54, 1.807) is 6.20 Å². The molecule has 0 fully saturated rings. The Balaban J connectivity index is 1.91. The molecule has 1 amide bonds. The largest absolute Gasteiger partial charge is 0.335 e. The first-order valence-corrected chi connectivity index (χ1v) is 8.95. The van der Waals surface area contributed by atoms with Crippen molar-refractivity contribution in [3.05, 3.63) is 65.0 Å². The lowest BCUT2D eigenvalue weighted by Gasteiger charge is -2.29. The van der Waals surface area contributed by atoms with Crippen LogP contribution in [0.15, 0.2) is 42.7 Å². The number of hydrogen-bond acceptors (Lipinski definition) is 3. The summed E-state index contributed by atoms with van der Waals surface area (Å²) in [4.78, 5) is 31.2. The molecule has 1 aromatic heterocycles. The van der Waals surface area contributed by atoms with E-state index in [-0.39, 0.29) is 17.7 Å². The molecule has 0 saturated heterocycles. The third-order valence-corrected chi connectivity index (χ3v) is 5.00. The third kappa shape index (κ3) is 3.48. The van der Waals surface area contributed by atoms with E-state index < -0.39 is 0 Å². The molecule has 130 valence electrons. The molecule has 1 aliphatic carbocycles. The molecule has 4 nitrogen and oxygen atoms in total. The molecular weight excluding hydrogens is 312 g/mol. The van der Waals surface area contributed by atoms with Crippen molar-refractivity contribution in [2.45, 2.75) is 45.1 Å². The van der Waals surface area contributed by atoms with E-state index in [1.165, 1.54) is 0 Å². The van der Waals surface area contributed by atoms with Gasteiger partial charge in [-0.05, 0) is 36.1 Å². The number of fused-ring (bicyclic) bond motifs is 1. The number of aromatic nitrogens is 1. The molecule has 2 aromatic rings. The van der Waals surface area contributed by atoms with Gasteiger partial charge < -0.3 is 4.90 Å². The molecule has 25 heavy (non-hydrogen) atoms. The van der Waals surface area contributed by atoms with E-state index in [2.05, 4.69) is 11.9 Å². The summed E-state index contributed by atoms with van der Waals surface area (Å²) >= 11 is 0. The monoisotopic (exact) mass is 336 g/mol. The maximum Gasteiger partial charge on any atom is 0.254 e. The quantitative estimate of drug-likeness (QED) is 0.794. The molecule has 0 aliphatic heterocycles. The van der Waals surface area contributed by atoms with Crippen LogP contribution in [0, 0.1) is 0 Å². The van der Waals surface area contributed by atoms with Crippen molar-refractivity contribution >= 4 is 11.7 Å². The van der Waals surface area contributed by atoms with Gasteiger partial charge in [0.1, 0.15) is 0 Å². The normalized spacial score (nSPS) is 14.2. The number of carbonyl (C=O) groups excluding carboxylic acids is 2. The van der Waals surface area contributed by atoms with Crippen molar-refractivity contribution in [1.82, 2.24) is 9.88 Å². The Labute approximate surface area is 148 Å². The number of unbranched alkanes of at least 4 members (excludes halogenated alkanes) is 1. The SMILES string of the molecule is CCCCC(c1cccnc1)N(C)C(=O)c1cccc2c1CCC2=O. The molecular formula is C21H24N2O2. The maximum atomic E-state index is 13.2. The number of ketones is 1. The number of pyridine rings is 1. The average molecular weight is 336 g/mol. The highest BCUT2D eigenvalue weighted by Crippen LogP contribution is 2.30. The fourth-order valence-electron chi connectivity index (χ4n) is 3.58. The van der Waals surface area contributed by atoms with Crippen LogP contribution in [-0.4, -0.2) is 28.6 Å². The maximum absolute atomic E-state index is 13.2. The second-order valence-corrected chi connectivity index (χ2v) is 6.62. The van der Waals surface area contributed by atoms with Gasteiger partial charge in [-0.1, -0.05) is 38.0 Å². The zero-order valence-electron chi connectivity index (χ0n) is 14.9. The van der Waals surface area contributed by atoms with E-state index in [0.717, 1.165) is 30.4 Å². The molecule has 1 unspecified atom stereocenters. The Bertz CT molecular complexity index is 771. The highest BCUT2D eigenvalue weighted by molar-refractivity contribution is 6.05. The second-order valence-electron chi connectivity index (χ2n) is 6.62. The molecule has 1 aliphatic rings. The Morgan fingerprint density at radius 2 is 2.08 bits per heavy atom. The van der Waals surface area contributed by atoms with Gasteiger partial charge in [-0.2, -0.15) is 0 Å². The Morgan fingerprint density at radius 3 is 2.80 bits per heavy atom. The van der Waals surface area contributed by atoms with Gasteiger partial charge in [0, 0.05) is 37.0 Å². The van der Waals surface area contributed by atoms with Gasteiger partial charge in [-0.25, -0.2) is 0 Å². The first-order chi connectivity index (χ1) is 12.1. The molecule has 1 aromatic carbocycles. The fourth-order valence-corrected chi connectivity index (χ4v) is 3.58. The van der Waals surface area contributed by atoms with Crippen LogP contribution in [0.2, 0.25) is 0 Å². The van der Waals surface area contributed by atoms with Crippen molar-refractivity contribution in [2.24, 2.45) is 0 Å². The Morgan fingerprint density at radius 1 is 1.24 bits per heavy atom. The summed E-state index contributed by atoms with van der Waals surface area (Å²) < 4.78 is 0. The van der Waals surface area contributed by atoms with Gasteiger partial charge in [0.2, 0.25) is 0 Å². The van der Waals surface area contributed by atoms with Crippen molar-refractivity contribution in [3.8, 4) is 0 Å². The van der Waals surface area contributed by atoms with E-state index >= 15 is 0 Å². The zero-order chi connectivity index (χ0) is 17.8. The molecule has 0 saturated carbocycles. The minimum Gasteiger partial charge on any atom is -0.335 e. The number of Topliss-reactive ketones (excluding diaryl/α,β-unsaturated/α-hetero) is 1. The van der Waals surface area contributed by atoms with E-state index in [4.69, 9.17) is 0 Å². The topological polar surface area (TPSA) is 50.3 Å². The van der Waals surface area contributed by atoms with E-state index in [9.17, 15) is 9.59 Å². The van der Waals surface area contributed by atoms with Gasteiger partial charge >= 0.3 is 0 Å². The molecule has 0 radical (unpaired) electrons. The van der Waals surface area contributed by atoms with Crippen LogP contribution >= 0.6 is 0 Å². The van der Waals surface area contributed by atoms with Gasteiger partial charge in [0.25, 0.3) is 5.91 Å². The standard InChI is InChI=1S/C21H24N2O2/c1-3-4-10-19(15-7-6-13-22-14-15)23(2)21(25)18-9-5-8-17-16(18)11-12-20(17)24/h5-9,13-14,19H,3-4,10-12H2,1-2H3. The van der Waals surface area contributed by atoms with Crippen LogP contribution in [0.5, 0.6) is 0 Å². The summed E-state index contributed by atoms with van der Waals surface area (Å²) in [7, 11) is 1.85. The number of rotatable bonds is 6. The van der Waals surface area contributed by atoms with Crippen molar-refractivity contribution in [3.63, 3.8) is 0 Å². The summed E-state index contributed by atoms with van der Waals surface area (Å²) in [6.45, 7) is 2.15. The predicted molar refractivity (Wildman–Crippen MR) is 97.7 cm³/mol. The summed E-state index contributed by atoms with van der Waals surface area (Å²) in [5, 5.41) is 0. The lowest BCUT2D eigenvalue weighted by atomic mass is 9.98. The van der Waals surface area contributed by atoms with Crippen LogP contribution in [0.1, 0.15) is 70.5 Å². The number of benzene rings is 1. The molecule has 0 spiro atoms. The van der Waals surface area contributed by atoms with Crippen LogP contribution in [0.4, 0.5) is 0 Å². The van der Waals surface area contributed by atoms with Crippen molar-refractivity contribution < 1.29 is 9.59 Å². The first-order valence-electron chi connectivity index (χ1n) is 8.95. The Hall–Kier alpha value is -2.49. The van der Waals surface area contributed by atoms with Crippen molar-refractivity contribution in [2.75, 3.05) is 7.05 Å². The summed E-state index contributed by atoms with van der Waals surface area (Å²) in [6.07, 6.45) is 7.78. The number of hydrogen-bond donors (Lipinski definition) is 0. The smallest absolute Gasteiger partial charge is 0.254 e. The van der Waals surface area contributed by atoms with Gasteiger partial charge in [0.15, 0.2) is 5.78 Å². The van der Waals surface area contributed by atoms with Crippen molar-refractivity contribution in [1.29, 1.82) is 0 Å². The minimum absolute atomic E-state index is 0.00545. The molecule has 0 bridgehead atoms. The molecule has 1 heterocycles. The third-order valence-electron chi connectivity index (χ3n) is 5.00. The number of carbonyl (C=O) groups is 2. The van der Waals surface area contributed by atoms with Crippen LogP contribution < -0.4 is 0 Å². The first kappa shape index (κ1) is 17.3. The predicted octanol–water partition coefficient (Wildman–Crippen LogP) is 4.21. The number of nitrogens with zero attached hydrogens (tertiary/aromatic N) is 2. The van der Waals surface area contributed by atoms with Gasteiger partial charge in [0.05, 0.1) is 6.04 Å². The summed E-state index contributed by atoms with van der Waals surface area (Å²) in [5.41, 5.74) is 3.34. The second kappa shape index (κ2) is 7.60. The fraction of sp³-hybridized carbons (Fsp3) is 0.381. The zero-order valence-corrected chi connectivity index (χ0v) is 14.9. The highest BCUT2D eigenvalue weighted by atomic mass is 16.2. The average Bonchev–Trinajstić information content (AvgIpc) is 3.03. The van der Waals surface area contributed by atoms with E-state index in [0.29, 0.717) is 24.0 Å². The van der Waals surface area contributed by atoms with Crippen LogP contribution in [0.3, 0.4) is 0 Å². The minimum atomic E-state index is -0.0171. The van der Waals surface area contributed by atoms with Gasteiger partial charge in [-0.3, -0.25) is 14.6 Å². The summed E-state index contributed by atoms with van der Waals surface area (Å²) in [5.74, 6) is 0.124. The molecule has 1 atom stereocenters. The molecule has 4 heteroatoms.